The first-order valence-electron chi connectivity index (χ1n) is 6.54. The minimum atomic E-state index is -0.0524. The molecule has 0 radical (unpaired) electrons. The fraction of sp³-hybridized carbons (Fsp3) is 0.462. The van der Waals surface area contributed by atoms with Gasteiger partial charge in [-0.2, -0.15) is 4.98 Å². The third kappa shape index (κ3) is 4.20. The van der Waals surface area contributed by atoms with Crippen molar-refractivity contribution in [3.63, 3.8) is 0 Å². The summed E-state index contributed by atoms with van der Waals surface area (Å²) in [7, 11) is 0. The second kappa shape index (κ2) is 6.85. The summed E-state index contributed by atoms with van der Waals surface area (Å²) in [6, 6.07) is 3.58. The number of rotatable bonds is 7. The molecule has 0 spiro atoms. The maximum atomic E-state index is 11.6. The molecule has 0 aromatic carbocycles. The second-order valence-corrected chi connectivity index (χ2v) is 4.60. The number of hydrogen-bond acceptors (Lipinski definition) is 6. The summed E-state index contributed by atoms with van der Waals surface area (Å²) in [5.41, 5.74) is 5.60. The van der Waals surface area contributed by atoms with Crippen molar-refractivity contribution in [1.82, 2.24) is 15.5 Å². The molecule has 20 heavy (non-hydrogen) atoms. The lowest BCUT2D eigenvalue weighted by molar-refractivity contribution is -0.121. The highest BCUT2D eigenvalue weighted by Gasteiger charge is 2.12. The van der Waals surface area contributed by atoms with E-state index >= 15 is 0 Å². The Labute approximate surface area is 116 Å². The van der Waals surface area contributed by atoms with Crippen molar-refractivity contribution < 1.29 is 13.7 Å². The van der Waals surface area contributed by atoms with E-state index in [1.54, 1.807) is 12.1 Å². The number of aryl methyl sites for hydroxylation is 1. The Bertz CT molecular complexity index is 534. The van der Waals surface area contributed by atoms with Crippen molar-refractivity contribution in [3.8, 4) is 11.6 Å². The number of carbonyl (C=O) groups is 1. The minimum Gasteiger partial charge on any atom is -0.461 e. The van der Waals surface area contributed by atoms with Gasteiger partial charge in [-0.15, -0.1) is 0 Å². The average molecular weight is 278 g/mol. The van der Waals surface area contributed by atoms with Crippen LogP contribution in [-0.2, 0) is 11.2 Å². The van der Waals surface area contributed by atoms with E-state index in [4.69, 9.17) is 14.7 Å². The third-order valence-electron chi connectivity index (χ3n) is 2.70. The second-order valence-electron chi connectivity index (χ2n) is 4.60. The number of nitrogens with zero attached hydrogens (tertiary/aromatic N) is 2. The SMILES string of the molecule is CC(N)CCNC(=O)CCc1nc(-c2ccco2)no1. The zero-order valence-electron chi connectivity index (χ0n) is 11.3. The van der Waals surface area contributed by atoms with Gasteiger partial charge in [0, 0.05) is 25.4 Å². The van der Waals surface area contributed by atoms with Crippen molar-refractivity contribution in [2.45, 2.75) is 32.2 Å². The molecule has 1 unspecified atom stereocenters. The molecule has 0 aliphatic carbocycles. The Kier molecular flexibility index (Phi) is 4.89. The normalized spacial score (nSPS) is 12.3. The smallest absolute Gasteiger partial charge is 0.238 e. The summed E-state index contributed by atoms with van der Waals surface area (Å²) in [5.74, 6) is 1.30. The lowest BCUT2D eigenvalue weighted by Gasteiger charge is -2.06. The lowest BCUT2D eigenvalue weighted by Crippen LogP contribution is -2.29. The van der Waals surface area contributed by atoms with Gasteiger partial charge >= 0.3 is 0 Å². The molecule has 0 bridgehead atoms. The minimum absolute atomic E-state index is 0.0524. The molecule has 0 saturated carbocycles. The topological polar surface area (TPSA) is 107 Å². The molecule has 7 heteroatoms. The first-order chi connectivity index (χ1) is 9.65. The van der Waals surface area contributed by atoms with Crippen LogP contribution in [0.4, 0.5) is 0 Å². The summed E-state index contributed by atoms with van der Waals surface area (Å²) in [4.78, 5) is 15.7. The molecule has 0 aliphatic heterocycles. The van der Waals surface area contributed by atoms with E-state index in [1.807, 2.05) is 6.92 Å². The van der Waals surface area contributed by atoms with E-state index in [0.717, 1.165) is 6.42 Å². The van der Waals surface area contributed by atoms with Gasteiger partial charge in [-0.25, -0.2) is 0 Å². The predicted molar refractivity (Wildman–Crippen MR) is 71.6 cm³/mol. The highest BCUT2D eigenvalue weighted by atomic mass is 16.5. The summed E-state index contributed by atoms with van der Waals surface area (Å²) >= 11 is 0. The summed E-state index contributed by atoms with van der Waals surface area (Å²) in [6.07, 6.45) is 3.00. The van der Waals surface area contributed by atoms with E-state index in [1.165, 1.54) is 6.26 Å². The third-order valence-corrected chi connectivity index (χ3v) is 2.70. The molecule has 3 N–H and O–H groups in total. The number of carbonyl (C=O) groups excluding carboxylic acids is 1. The van der Waals surface area contributed by atoms with Crippen LogP contribution in [-0.4, -0.2) is 28.6 Å². The lowest BCUT2D eigenvalue weighted by atomic mass is 10.2. The molecular weight excluding hydrogens is 260 g/mol. The van der Waals surface area contributed by atoms with Gasteiger partial charge in [-0.1, -0.05) is 5.16 Å². The Hall–Kier alpha value is -2.15. The molecule has 0 aliphatic rings. The molecule has 108 valence electrons. The Morgan fingerprint density at radius 3 is 3.10 bits per heavy atom. The van der Waals surface area contributed by atoms with Gasteiger partial charge in [-0.05, 0) is 25.5 Å². The van der Waals surface area contributed by atoms with E-state index < -0.39 is 0 Å². The number of amides is 1. The maximum Gasteiger partial charge on any atom is 0.238 e. The summed E-state index contributed by atoms with van der Waals surface area (Å²) < 4.78 is 10.2. The molecular formula is C13H18N4O3. The molecule has 7 nitrogen and oxygen atoms in total. The Morgan fingerprint density at radius 1 is 1.55 bits per heavy atom. The number of furan rings is 1. The van der Waals surface area contributed by atoms with Crippen molar-refractivity contribution in [3.05, 3.63) is 24.3 Å². The van der Waals surface area contributed by atoms with Crippen LogP contribution in [0.2, 0.25) is 0 Å². The predicted octanol–water partition coefficient (Wildman–Crippen LogP) is 1.12. The molecule has 0 fully saturated rings. The Morgan fingerprint density at radius 2 is 2.40 bits per heavy atom. The summed E-state index contributed by atoms with van der Waals surface area (Å²) in [6.45, 7) is 2.48. The maximum absolute atomic E-state index is 11.6. The van der Waals surface area contributed by atoms with Crippen LogP contribution in [0.25, 0.3) is 11.6 Å². The zero-order chi connectivity index (χ0) is 14.4. The average Bonchev–Trinajstić information content (AvgIpc) is 3.06. The van der Waals surface area contributed by atoms with Crippen LogP contribution in [0.5, 0.6) is 0 Å². The fourth-order valence-electron chi connectivity index (χ4n) is 1.61. The molecule has 2 rings (SSSR count). The number of nitrogens with two attached hydrogens (primary N) is 1. The van der Waals surface area contributed by atoms with Gasteiger partial charge in [-0.3, -0.25) is 4.79 Å². The molecule has 2 aromatic rings. The molecule has 1 atom stereocenters. The van der Waals surface area contributed by atoms with E-state index in [2.05, 4.69) is 15.5 Å². The van der Waals surface area contributed by atoms with Gasteiger partial charge in [0.05, 0.1) is 6.26 Å². The van der Waals surface area contributed by atoms with Gasteiger partial charge in [0.1, 0.15) is 0 Å². The number of hydrogen-bond donors (Lipinski definition) is 2. The van der Waals surface area contributed by atoms with Crippen LogP contribution < -0.4 is 11.1 Å². The van der Waals surface area contributed by atoms with Gasteiger partial charge < -0.3 is 20.0 Å². The Balaban J connectivity index is 1.75. The van der Waals surface area contributed by atoms with E-state index in [-0.39, 0.29) is 11.9 Å². The highest BCUT2D eigenvalue weighted by molar-refractivity contribution is 5.75. The van der Waals surface area contributed by atoms with E-state index in [0.29, 0.717) is 36.9 Å². The first kappa shape index (κ1) is 14.3. The highest BCUT2D eigenvalue weighted by Crippen LogP contribution is 2.16. The molecule has 2 aromatic heterocycles. The quantitative estimate of drug-likeness (QED) is 0.785. The molecule has 2 heterocycles. The summed E-state index contributed by atoms with van der Waals surface area (Å²) in [5, 5.41) is 6.59. The van der Waals surface area contributed by atoms with Crippen LogP contribution >= 0.6 is 0 Å². The number of aromatic nitrogens is 2. The molecule has 1 amide bonds. The molecule has 0 saturated heterocycles. The van der Waals surface area contributed by atoms with Crippen molar-refractivity contribution in [1.29, 1.82) is 0 Å². The van der Waals surface area contributed by atoms with Crippen LogP contribution in [0.1, 0.15) is 25.7 Å². The van der Waals surface area contributed by atoms with Crippen LogP contribution in [0.15, 0.2) is 27.3 Å². The standard InChI is InChI=1S/C13H18N4O3/c1-9(14)6-7-15-11(18)4-5-12-16-13(17-20-12)10-3-2-8-19-10/h2-3,8-9H,4-7,14H2,1H3,(H,15,18). The van der Waals surface area contributed by atoms with Crippen molar-refractivity contribution in [2.75, 3.05) is 6.54 Å². The van der Waals surface area contributed by atoms with E-state index in [9.17, 15) is 4.79 Å². The van der Waals surface area contributed by atoms with Crippen molar-refractivity contribution in [2.24, 2.45) is 5.73 Å². The zero-order valence-corrected chi connectivity index (χ0v) is 11.3. The fourth-order valence-corrected chi connectivity index (χ4v) is 1.61. The largest absolute Gasteiger partial charge is 0.461 e. The number of nitrogens with one attached hydrogen (secondary N) is 1. The first-order valence-corrected chi connectivity index (χ1v) is 6.54. The monoisotopic (exact) mass is 278 g/mol. The van der Waals surface area contributed by atoms with Gasteiger partial charge in [0.2, 0.25) is 17.6 Å². The van der Waals surface area contributed by atoms with Crippen LogP contribution in [0, 0.1) is 0 Å². The van der Waals surface area contributed by atoms with Gasteiger partial charge in [0.15, 0.2) is 5.76 Å². The van der Waals surface area contributed by atoms with Crippen molar-refractivity contribution >= 4 is 5.91 Å². The van der Waals surface area contributed by atoms with Gasteiger partial charge in [0.25, 0.3) is 0 Å². The van der Waals surface area contributed by atoms with Crippen LogP contribution in [0.3, 0.4) is 0 Å².